The van der Waals surface area contributed by atoms with Crippen LogP contribution in [0.15, 0.2) is 45.9 Å². The molecule has 0 radical (unpaired) electrons. The molecule has 0 amide bonds. The number of benzene rings is 1. The molecule has 0 N–H and O–H groups in total. The zero-order chi connectivity index (χ0) is 19.0. The lowest BCUT2D eigenvalue weighted by molar-refractivity contribution is 0.0444. The maximum atomic E-state index is 12.4. The Morgan fingerprint density at radius 3 is 2.81 bits per heavy atom. The average molecular weight is 382 g/mol. The van der Waals surface area contributed by atoms with Gasteiger partial charge in [0.05, 0.1) is 11.7 Å². The summed E-state index contributed by atoms with van der Waals surface area (Å²) in [6.07, 6.45) is 1.43. The number of hydrogen-bond donors (Lipinski definition) is 0. The lowest BCUT2D eigenvalue weighted by Crippen LogP contribution is -2.16. The van der Waals surface area contributed by atoms with Gasteiger partial charge in [0.25, 0.3) is 11.4 Å². The number of aryl methyl sites for hydroxylation is 2. The van der Waals surface area contributed by atoms with Gasteiger partial charge >= 0.3 is 5.97 Å². The van der Waals surface area contributed by atoms with Crippen LogP contribution in [0.3, 0.4) is 0 Å². The zero-order valence-electron chi connectivity index (χ0n) is 14.5. The van der Waals surface area contributed by atoms with Gasteiger partial charge < -0.3 is 13.7 Å². The molecule has 0 bridgehead atoms. The van der Waals surface area contributed by atoms with Crippen molar-refractivity contribution in [3.63, 3.8) is 0 Å². The smallest absolute Gasteiger partial charge is 0.349 e. The standard InChI is InChI=1S/C18H14N4O4S/c1-10-13-16(19-9-22(2)17(13)23)27-14(10)18(24)25-8-12-20-21-15(26-12)11-6-4-3-5-7-11/h3-7,9H,8H2,1-2H3. The summed E-state index contributed by atoms with van der Waals surface area (Å²) >= 11 is 1.13. The molecule has 136 valence electrons. The van der Waals surface area contributed by atoms with Crippen LogP contribution >= 0.6 is 11.3 Å². The van der Waals surface area contributed by atoms with Gasteiger partial charge in [-0.05, 0) is 24.6 Å². The third-order valence-corrected chi connectivity index (χ3v) is 5.19. The third kappa shape index (κ3) is 3.13. The molecule has 3 aromatic heterocycles. The Morgan fingerprint density at radius 2 is 2.04 bits per heavy atom. The number of rotatable bonds is 4. The normalized spacial score (nSPS) is 11.0. The first-order chi connectivity index (χ1) is 13.0. The van der Waals surface area contributed by atoms with E-state index >= 15 is 0 Å². The second kappa shape index (κ2) is 6.76. The molecule has 8 nitrogen and oxygen atoms in total. The van der Waals surface area contributed by atoms with Crippen LogP contribution in [0, 0.1) is 6.92 Å². The number of aromatic nitrogens is 4. The Morgan fingerprint density at radius 1 is 1.26 bits per heavy atom. The van der Waals surface area contributed by atoms with Crippen molar-refractivity contribution in [1.82, 2.24) is 19.7 Å². The Labute approximate surface area is 157 Å². The maximum absolute atomic E-state index is 12.4. The molecule has 0 spiro atoms. The van der Waals surface area contributed by atoms with E-state index in [4.69, 9.17) is 9.15 Å². The zero-order valence-corrected chi connectivity index (χ0v) is 15.3. The number of nitrogens with zero attached hydrogens (tertiary/aromatic N) is 4. The average Bonchev–Trinajstić information content (AvgIpc) is 3.29. The Hall–Kier alpha value is -3.33. The van der Waals surface area contributed by atoms with E-state index in [1.165, 1.54) is 10.9 Å². The summed E-state index contributed by atoms with van der Waals surface area (Å²) in [5.74, 6) is -0.0144. The molecule has 0 saturated carbocycles. The van der Waals surface area contributed by atoms with Crippen molar-refractivity contribution in [2.24, 2.45) is 7.05 Å². The molecule has 0 unspecified atom stereocenters. The van der Waals surface area contributed by atoms with E-state index in [2.05, 4.69) is 15.2 Å². The van der Waals surface area contributed by atoms with E-state index in [1.807, 2.05) is 30.3 Å². The highest BCUT2D eigenvalue weighted by Gasteiger charge is 2.21. The first-order valence-corrected chi connectivity index (χ1v) is 8.86. The molecule has 0 aliphatic heterocycles. The second-order valence-corrected chi connectivity index (χ2v) is 6.84. The molecule has 3 heterocycles. The van der Waals surface area contributed by atoms with Crippen molar-refractivity contribution < 1.29 is 13.9 Å². The van der Waals surface area contributed by atoms with Gasteiger partial charge in [0.2, 0.25) is 5.89 Å². The summed E-state index contributed by atoms with van der Waals surface area (Å²) in [7, 11) is 1.61. The predicted molar refractivity (Wildman–Crippen MR) is 98.5 cm³/mol. The minimum absolute atomic E-state index is 0.155. The number of ether oxygens (including phenoxy) is 1. The summed E-state index contributed by atoms with van der Waals surface area (Å²) in [5.41, 5.74) is 1.14. The van der Waals surface area contributed by atoms with E-state index in [9.17, 15) is 9.59 Å². The third-order valence-electron chi connectivity index (χ3n) is 4.01. The second-order valence-electron chi connectivity index (χ2n) is 5.84. The van der Waals surface area contributed by atoms with Gasteiger partial charge in [-0.25, -0.2) is 9.78 Å². The van der Waals surface area contributed by atoms with Gasteiger partial charge in [0.1, 0.15) is 9.71 Å². The molecule has 4 rings (SSSR count). The monoisotopic (exact) mass is 382 g/mol. The van der Waals surface area contributed by atoms with Gasteiger partial charge in [0, 0.05) is 12.6 Å². The Kier molecular flexibility index (Phi) is 4.28. The van der Waals surface area contributed by atoms with Crippen LogP contribution in [-0.4, -0.2) is 25.7 Å². The highest BCUT2D eigenvalue weighted by Crippen LogP contribution is 2.27. The molecular weight excluding hydrogens is 368 g/mol. The van der Waals surface area contributed by atoms with Gasteiger partial charge in [-0.3, -0.25) is 4.79 Å². The van der Waals surface area contributed by atoms with Crippen LogP contribution in [0.2, 0.25) is 0 Å². The summed E-state index contributed by atoms with van der Waals surface area (Å²) < 4.78 is 12.2. The highest BCUT2D eigenvalue weighted by atomic mass is 32.1. The fourth-order valence-electron chi connectivity index (χ4n) is 2.61. The molecule has 1 aromatic carbocycles. The quantitative estimate of drug-likeness (QED) is 0.500. The van der Waals surface area contributed by atoms with Crippen LogP contribution in [0.1, 0.15) is 21.1 Å². The molecule has 9 heteroatoms. The number of carbonyl (C=O) groups excluding carboxylic acids is 1. The lowest BCUT2D eigenvalue weighted by atomic mass is 10.2. The molecular formula is C18H14N4O4S. The number of esters is 1. The molecule has 0 saturated heterocycles. The van der Waals surface area contributed by atoms with Gasteiger partial charge in [-0.2, -0.15) is 0 Å². The fourth-order valence-corrected chi connectivity index (χ4v) is 3.64. The van der Waals surface area contributed by atoms with Crippen LogP contribution in [0.25, 0.3) is 21.7 Å². The maximum Gasteiger partial charge on any atom is 0.349 e. The van der Waals surface area contributed by atoms with E-state index < -0.39 is 5.97 Å². The first kappa shape index (κ1) is 17.1. The van der Waals surface area contributed by atoms with Crippen molar-refractivity contribution in [3.05, 3.63) is 63.3 Å². The van der Waals surface area contributed by atoms with Crippen LogP contribution in [-0.2, 0) is 18.4 Å². The summed E-state index contributed by atoms with van der Waals surface area (Å²) in [6.45, 7) is 1.55. The molecule has 0 aliphatic rings. The van der Waals surface area contributed by atoms with Crippen LogP contribution < -0.4 is 5.56 Å². The molecule has 0 atom stereocenters. The summed E-state index contributed by atoms with van der Waals surface area (Å²) in [6, 6.07) is 9.30. The number of hydrogen-bond acceptors (Lipinski definition) is 8. The predicted octanol–water partition coefficient (Wildman–Crippen LogP) is 2.71. The van der Waals surface area contributed by atoms with Gasteiger partial charge in [-0.1, -0.05) is 18.2 Å². The van der Waals surface area contributed by atoms with E-state index in [0.717, 1.165) is 16.9 Å². The molecule has 0 fully saturated rings. The van der Waals surface area contributed by atoms with E-state index in [0.29, 0.717) is 26.5 Å². The minimum atomic E-state index is -0.558. The first-order valence-electron chi connectivity index (χ1n) is 8.04. The van der Waals surface area contributed by atoms with E-state index in [-0.39, 0.29) is 18.1 Å². The SMILES string of the molecule is Cc1c(C(=O)OCc2nnc(-c3ccccc3)o2)sc2ncn(C)c(=O)c12. The Bertz CT molecular complexity index is 1190. The van der Waals surface area contributed by atoms with Crippen LogP contribution in [0.4, 0.5) is 0 Å². The van der Waals surface area contributed by atoms with Crippen LogP contribution in [0.5, 0.6) is 0 Å². The van der Waals surface area contributed by atoms with Crippen molar-refractivity contribution in [1.29, 1.82) is 0 Å². The molecule has 0 aliphatic carbocycles. The van der Waals surface area contributed by atoms with E-state index in [1.54, 1.807) is 14.0 Å². The topological polar surface area (TPSA) is 100 Å². The van der Waals surface area contributed by atoms with Crippen molar-refractivity contribution in [2.45, 2.75) is 13.5 Å². The summed E-state index contributed by atoms with van der Waals surface area (Å²) in [5, 5.41) is 8.28. The molecule has 27 heavy (non-hydrogen) atoms. The Balaban J connectivity index is 1.53. The van der Waals surface area contributed by atoms with Crippen molar-refractivity contribution in [2.75, 3.05) is 0 Å². The number of fused-ring (bicyclic) bond motifs is 1. The number of carbonyl (C=O) groups is 1. The largest absolute Gasteiger partial charge is 0.451 e. The number of thiophene rings is 1. The lowest BCUT2D eigenvalue weighted by Gasteiger charge is -2.00. The fraction of sp³-hybridized carbons (Fsp3) is 0.167. The summed E-state index contributed by atoms with van der Waals surface area (Å²) in [4.78, 5) is 29.7. The van der Waals surface area contributed by atoms with Gasteiger partial charge in [0.15, 0.2) is 6.61 Å². The minimum Gasteiger partial charge on any atom is -0.451 e. The van der Waals surface area contributed by atoms with Crippen molar-refractivity contribution in [3.8, 4) is 11.5 Å². The van der Waals surface area contributed by atoms with Gasteiger partial charge in [-0.15, -0.1) is 21.5 Å². The highest BCUT2D eigenvalue weighted by molar-refractivity contribution is 7.20. The molecule has 4 aromatic rings. The van der Waals surface area contributed by atoms with Crippen molar-refractivity contribution >= 4 is 27.5 Å².